The third kappa shape index (κ3) is 3.84. The van der Waals surface area contributed by atoms with Crippen molar-refractivity contribution in [2.24, 2.45) is 5.92 Å². The molecule has 1 aliphatic carbocycles. The fraction of sp³-hybridized carbons (Fsp3) is 0.579. The van der Waals surface area contributed by atoms with Crippen LogP contribution in [0.1, 0.15) is 31.2 Å². The van der Waals surface area contributed by atoms with Crippen molar-refractivity contribution in [3.8, 4) is 0 Å². The Kier molecular flexibility index (Phi) is 6.68. The molecule has 0 amide bonds. The van der Waals surface area contributed by atoms with Gasteiger partial charge >= 0.3 is 29.9 Å². The molecule has 0 saturated heterocycles. The molecule has 3 unspecified atom stereocenters. The summed E-state index contributed by atoms with van der Waals surface area (Å²) in [6, 6.07) is 6.39. The highest BCUT2D eigenvalue weighted by atomic mass is 19.4. The van der Waals surface area contributed by atoms with Gasteiger partial charge in [0.05, 0.1) is 12.5 Å². The van der Waals surface area contributed by atoms with Crippen LogP contribution in [0.5, 0.6) is 0 Å². The SMILES string of the molecule is CCOC(=O)C1C(c2ccccc2)CC(=O)CC1(O)C(F)(F)C(F)(F)C(F)(F)C(F)(F)F. The topological polar surface area (TPSA) is 63.6 Å². The smallest absolute Gasteiger partial charge is 0.460 e. The molecule has 0 radical (unpaired) electrons. The Morgan fingerprint density at radius 2 is 1.56 bits per heavy atom. The van der Waals surface area contributed by atoms with E-state index in [1.54, 1.807) is 0 Å². The summed E-state index contributed by atoms with van der Waals surface area (Å²) in [6.45, 7) is 0.647. The van der Waals surface area contributed by atoms with Gasteiger partial charge in [-0.3, -0.25) is 9.59 Å². The Morgan fingerprint density at radius 3 is 2.03 bits per heavy atom. The lowest BCUT2D eigenvalue weighted by Crippen LogP contribution is -2.73. The standard InChI is InChI=1S/C19H17F9O4/c1-2-32-14(30)13-12(10-6-4-3-5-7-10)8-11(29)9-15(13,31)16(20,21)17(22,23)18(24,25)19(26,27)28/h3-7,12-13,31H,2,8-9H2,1H3. The molecule has 180 valence electrons. The van der Waals surface area contributed by atoms with E-state index < -0.39 is 72.6 Å². The average molecular weight is 480 g/mol. The number of ether oxygens (including phenoxy) is 1. The molecule has 13 heteroatoms. The molecule has 1 aliphatic rings. The summed E-state index contributed by atoms with van der Waals surface area (Å²) in [7, 11) is 0. The number of carbonyl (C=O) groups is 2. The zero-order valence-corrected chi connectivity index (χ0v) is 16.2. The van der Waals surface area contributed by atoms with Gasteiger partial charge in [0.2, 0.25) is 0 Å². The number of rotatable bonds is 6. The molecule has 2 rings (SSSR count). The van der Waals surface area contributed by atoms with E-state index in [0.29, 0.717) is 0 Å². The van der Waals surface area contributed by atoms with E-state index in [0.717, 1.165) is 0 Å². The van der Waals surface area contributed by atoms with Gasteiger partial charge in [0.25, 0.3) is 0 Å². The summed E-state index contributed by atoms with van der Waals surface area (Å²) in [5.41, 5.74) is -4.72. The van der Waals surface area contributed by atoms with Crippen LogP contribution in [0, 0.1) is 5.92 Å². The van der Waals surface area contributed by atoms with E-state index >= 15 is 0 Å². The zero-order valence-electron chi connectivity index (χ0n) is 16.2. The molecule has 1 N–H and O–H groups in total. The third-order valence-electron chi connectivity index (χ3n) is 5.29. The molecular formula is C19H17F9O4. The summed E-state index contributed by atoms with van der Waals surface area (Å²) in [4.78, 5) is 24.6. The van der Waals surface area contributed by atoms with Crippen LogP contribution in [0.4, 0.5) is 39.5 Å². The molecular weight excluding hydrogens is 463 g/mol. The van der Waals surface area contributed by atoms with Crippen molar-refractivity contribution in [3.05, 3.63) is 35.9 Å². The Morgan fingerprint density at radius 1 is 1.03 bits per heavy atom. The van der Waals surface area contributed by atoms with Crippen LogP contribution < -0.4 is 0 Å². The van der Waals surface area contributed by atoms with Gasteiger partial charge < -0.3 is 9.84 Å². The van der Waals surface area contributed by atoms with Crippen molar-refractivity contribution in [2.45, 2.75) is 55.2 Å². The average Bonchev–Trinajstić information content (AvgIpc) is 2.66. The Bertz CT molecular complexity index is 854. The zero-order chi connectivity index (χ0) is 24.8. The van der Waals surface area contributed by atoms with Crippen LogP contribution in [0.2, 0.25) is 0 Å². The van der Waals surface area contributed by atoms with Gasteiger partial charge in [-0.05, 0) is 12.5 Å². The number of hydrogen-bond donors (Lipinski definition) is 1. The van der Waals surface area contributed by atoms with E-state index in [-0.39, 0.29) is 5.56 Å². The van der Waals surface area contributed by atoms with Crippen LogP contribution in [0.3, 0.4) is 0 Å². The predicted octanol–water partition coefficient (Wildman–Crippen LogP) is 4.51. The van der Waals surface area contributed by atoms with Crippen LogP contribution in [-0.2, 0) is 14.3 Å². The minimum Gasteiger partial charge on any atom is -0.466 e. The Balaban J connectivity index is 2.75. The first-order valence-electron chi connectivity index (χ1n) is 9.11. The lowest BCUT2D eigenvalue weighted by molar-refractivity contribution is -0.420. The summed E-state index contributed by atoms with van der Waals surface area (Å²) >= 11 is 0. The van der Waals surface area contributed by atoms with Crippen LogP contribution >= 0.6 is 0 Å². The maximum atomic E-state index is 14.9. The number of hydrogen-bond acceptors (Lipinski definition) is 4. The molecule has 1 saturated carbocycles. The van der Waals surface area contributed by atoms with Gasteiger partial charge in [-0.15, -0.1) is 0 Å². The van der Waals surface area contributed by atoms with Gasteiger partial charge in [-0.1, -0.05) is 30.3 Å². The summed E-state index contributed by atoms with van der Waals surface area (Å²) in [6.07, 6.45) is -9.86. The number of ketones is 1. The minimum atomic E-state index is -7.30. The second-order valence-electron chi connectivity index (χ2n) is 7.31. The molecule has 0 spiro atoms. The van der Waals surface area contributed by atoms with Crippen LogP contribution in [-0.4, -0.2) is 53.0 Å². The van der Waals surface area contributed by atoms with Crippen molar-refractivity contribution in [3.63, 3.8) is 0 Å². The first-order chi connectivity index (χ1) is 14.5. The quantitative estimate of drug-likeness (QED) is 0.481. The molecule has 0 aromatic heterocycles. The second kappa shape index (κ2) is 8.23. The van der Waals surface area contributed by atoms with Gasteiger partial charge in [0, 0.05) is 18.8 Å². The normalized spacial score (nSPS) is 25.5. The molecule has 0 aliphatic heterocycles. The van der Waals surface area contributed by atoms with E-state index in [1.807, 2.05) is 0 Å². The van der Waals surface area contributed by atoms with E-state index in [1.165, 1.54) is 37.3 Å². The highest BCUT2D eigenvalue weighted by Crippen LogP contribution is 2.60. The molecule has 1 aromatic carbocycles. The van der Waals surface area contributed by atoms with E-state index in [2.05, 4.69) is 4.74 Å². The fourth-order valence-electron chi connectivity index (χ4n) is 3.73. The number of halogens is 9. The number of Topliss-reactive ketones (excluding diaryl/α,β-unsaturated/α-hetero) is 1. The van der Waals surface area contributed by atoms with Gasteiger partial charge in [-0.2, -0.15) is 39.5 Å². The molecule has 1 fully saturated rings. The van der Waals surface area contributed by atoms with E-state index in [4.69, 9.17) is 0 Å². The van der Waals surface area contributed by atoms with Gasteiger partial charge in [-0.25, -0.2) is 0 Å². The summed E-state index contributed by atoms with van der Waals surface area (Å²) < 4.78 is 127. The van der Waals surface area contributed by atoms with Crippen molar-refractivity contribution < 1.29 is 58.9 Å². The summed E-state index contributed by atoms with van der Waals surface area (Å²) in [5, 5.41) is 10.6. The predicted molar refractivity (Wildman–Crippen MR) is 89.4 cm³/mol. The largest absolute Gasteiger partial charge is 0.466 e. The number of aliphatic hydroxyl groups is 1. The Hall–Kier alpha value is -2.31. The third-order valence-corrected chi connectivity index (χ3v) is 5.29. The molecule has 32 heavy (non-hydrogen) atoms. The highest BCUT2D eigenvalue weighted by Gasteiger charge is 2.87. The van der Waals surface area contributed by atoms with Crippen molar-refractivity contribution in [1.82, 2.24) is 0 Å². The molecule has 0 heterocycles. The lowest BCUT2D eigenvalue weighted by Gasteiger charge is -2.49. The molecule has 1 aromatic rings. The molecule has 3 atom stereocenters. The number of benzene rings is 1. The summed E-state index contributed by atoms with van der Waals surface area (Å²) in [5.74, 6) is -28.7. The number of alkyl halides is 9. The van der Waals surface area contributed by atoms with Crippen molar-refractivity contribution in [1.29, 1.82) is 0 Å². The molecule has 4 nitrogen and oxygen atoms in total. The van der Waals surface area contributed by atoms with Gasteiger partial charge in [0.15, 0.2) is 5.60 Å². The maximum absolute atomic E-state index is 14.9. The second-order valence-corrected chi connectivity index (χ2v) is 7.31. The minimum absolute atomic E-state index is 0.0984. The number of carbonyl (C=O) groups excluding carboxylic acids is 2. The van der Waals surface area contributed by atoms with Crippen LogP contribution in [0.15, 0.2) is 30.3 Å². The van der Waals surface area contributed by atoms with Crippen LogP contribution in [0.25, 0.3) is 0 Å². The first-order valence-corrected chi connectivity index (χ1v) is 9.11. The number of esters is 1. The van der Waals surface area contributed by atoms with E-state index in [9.17, 15) is 54.2 Å². The Labute approximate surface area is 175 Å². The first kappa shape index (κ1) is 25.9. The lowest BCUT2D eigenvalue weighted by atomic mass is 9.62. The molecule has 0 bridgehead atoms. The highest BCUT2D eigenvalue weighted by molar-refractivity contribution is 5.87. The monoisotopic (exact) mass is 480 g/mol. The van der Waals surface area contributed by atoms with Crippen molar-refractivity contribution >= 4 is 11.8 Å². The van der Waals surface area contributed by atoms with Crippen molar-refractivity contribution in [2.75, 3.05) is 6.61 Å². The maximum Gasteiger partial charge on any atom is 0.460 e. The fourth-order valence-corrected chi connectivity index (χ4v) is 3.73. The van der Waals surface area contributed by atoms with Gasteiger partial charge in [0.1, 0.15) is 5.78 Å².